The summed E-state index contributed by atoms with van der Waals surface area (Å²) in [6.07, 6.45) is 1.85. The second-order valence-corrected chi connectivity index (χ2v) is 6.01. The number of hydrogen-bond acceptors (Lipinski definition) is 4. The van der Waals surface area contributed by atoms with E-state index in [-0.39, 0.29) is 5.78 Å². The quantitative estimate of drug-likeness (QED) is 0.659. The molecule has 0 radical (unpaired) electrons. The van der Waals surface area contributed by atoms with Crippen LogP contribution >= 0.6 is 23.4 Å². The van der Waals surface area contributed by atoms with Gasteiger partial charge in [0.05, 0.1) is 22.9 Å². The van der Waals surface area contributed by atoms with Crippen molar-refractivity contribution < 1.29 is 9.59 Å². The highest BCUT2D eigenvalue weighted by molar-refractivity contribution is 7.98. The zero-order chi connectivity index (χ0) is 17.0. The number of rotatable bonds is 4. The van der Waals surface area contributed by atoms with Gasteiger partial charge in [-0.05, 0) is 49.6 Å². The summed E-state index contributed by atoms with van der Waals surface area (Å²) in [5, 5.41) is 12.1. The summed E-state index contributed by atoms with van der Waals surface area (Å²) in [7, 11) is 0. The molecule has 2 aromatic carbocycles. The number of thioether (sulfide) groups is 1. The van der Waals surface area contributed by atoms with Gasteiger partial charge in [-0.3, -0.25) is 9.59 Å². The third-order valence-corrected chi connectivity index (χ3v) is 4.21. The van der Waals surface area contributed by atoms with E-state index in [1.165, 1.54) is 30.8 Å². The van der Waals surface area contributed by atoms with Crippen LogP contribution in [-0.4, -0.2) is 17.9 Å². The molecule has 0 bridgehead atoms. The Morgan fingerprint density at radius 3 is 2.52 bits per heavy atom. The van der Waals surface area contributed by atoms with Crippen LogP contribution < -0.4 is 5.32 Å². The van der Waals surface area contributed by atoms with Crippen LogP contribution in [0.25, 0.3) is 0 Å². The van der Waals surface area contributed by atoms with Crippen molar-refractivity contribution in [2.75, 3.05) is 11.6 Å². The molecule has 0 aliphatic carbocycles. The number of nitrogens with zero attached hydrogens (tertiary/aromatic N) is 1. The number of Topliss-reactive ketones (excluding diaryl/α,β-unsaturated/α-hetero) is 1. The van der Waals surface area contributed by atoms with Crippen LogP contribution in [0.5, 0.6) is 0 Å². The first kappa shape index (κ1) is 17.1. The number of hydrogen-bond donors (Lipinski definition) is 1. The van der Waals surface area contributed by atoms with E-state index in [0.29, 0.717) is 27.4 Å². The van der Waals surface area contributed by atoms with Crippen LogP contribution in [0, 0.1) is 11.3 Å². The molecule has 0 aromatic heterocycles. The molecule has 1 amide bonds. The Balaban J connectivity index is 2.42. The Morgan fingerprint density at radius 1 is 1.17 bits per heavy atom. The van der Waals surface area contributed by atoms with Crippen LogP contribution in [0.3, 0.4) is 0 Å². The maximum Gasteiger partial charge on any atom is 0.256 e. The van der Waals surface area contributed by atoms with Crippen molar-refractivity contribution in [3.8, 4) is 6.07 Å². The molecule has 0 unspecified atom stereocenters. The summed E-state index contributed by atoms with van der Waals surface area (Å²) in [6.45, 7) is 1.42. The highest BCUT2D eigenvalue weighted by Gasteiger charge is 2.16. The summed E-state index contributed by atoms with van der Waals surface area (Å²) >= 11 is 7.35. The number of anilines is 1. The fourth-order valence-corrected chi connectivity index (χ4v) is 2.82. The van der Waals surface area contributed by atoms with Crippen LogP contribution in [0.4, 0.5) is 5.69 Å². The van der Waals surface area contributed by atoms with Crippen molar-refractivity contribution in [3.05, 3.63) is 58.1 Å². The summed E-state index contributed by atoms with van der Waals surface area (Å²) < 4.78 is 0. The molecule has 2 rings (SSSR count). The first-order valence-electron chi connectivity index (χ1n) is 6.66. The molecule has 1 N–H and O–H groups in total. The van der Waals surface area contributed by atoms with E-state index in [4.69, 9.17) is 16.9 Å². The molecule has 0 atom stereocenters. The maximum atomic E-state index is 12.6. The maximum absolute atomic E-state index is 12.6. The molecule has 0 heterocycles. The summed E-state index contributed by atoms with van der Waals surface area (Å²) in [5.74, 6) is -0.566. The minimum absolute atomic E-state index is 0.173. The summed E-state index contributed by atoms with van der Waals surface area (Å²) in [4.78, 5) is 25.0. The molecule has 116 valence electrons. The average Bonchev–Trinajstić information content (AvgIpc) is 2.53. The number of benzene rings is 2. The van der Waals surface area contributed by atoms with Gasteiger partial charge in [0.25, 0.3) is 5.91 Å². The smallest absolute Gasteiger partial charge is 0.256 e. The highest BCUT2D eigenvalue weighted by atomic mass is 35.5. The molecule has 0 spiro atoms. The number of amides is 1. The van der Waals surface area contributed by atoms with Crippen molar-refractivity contribution in [2.24, 2.45) is 0 Å². The monoisotopic (exact) mass is 344 g/mol. The van der Waals surface area contributed by atoms with Gasteiger partial charge in [0.15, 0.2) is 5.78 Å². The van der Waals surface area contributed by atoms with Gasteiger partial charge in [-0.15, -0.1) is 11.8 Å². The molecule has 0 aliphatic rings. The second kappa shape index (κ2) is 7.32. The topological polar surface area (TPSA) is 70.0 Å². The highest BCUT2D eigenvalue weighted by Crippen LogP contribution is 2.25. The predicted molar refractivity (Wildman–Crippen MR) is 92.3 cm³/mol. The SMILES string of the molecule is CSc1ccc(C#N)cc1C(=O)Nc1cc(Cl)ccc1C(C)=O. The van der Waals surface area contributed by atoms with Crippen LogP contribution in [0.15, 0.2) is 41.3 Å². The van der Waals surface area contributed by atoms with Gasteiger partial charge in [0.1, 0.15) is 0 Å². The zero-order valence-electron chi connectivity index (χ0n) is 12.5. The lowest BCUT2D eigenvalue weighted by atomic mass is 10.1. The Hall–Kier alpha value is -2.29. The van der Waals surface area contributed by atoms with Gasteiger partial charge in [-0.1, -0.05) is 11.6 Å². The van der Waals surface area contributed by atoms with E-state index in [9.17, 15) is 9.59 Å². The fourth-order valence-electron chi connectivity index (χ4n) is 2.07. The number of nitrogens with one attached hydrogen (secondary N) is 1. The van der Waals surface area contributed by atoms with Crippen molar-refractivity contribution in [2.45, 2.75) is 11.8 Å². The molecule has 0 saturated carbocycles. The molecule has 6 heteroatoms. The van der Waals surface area contributed by atoms with Crippen molar-refractivity contribution in [1.29, 1.82) is 5.26 Å². The second-order valence-electron chi connectivity index (χ2n) is 4.73. The largest absolute Gasteiger partial charge is 0.321 e. The lowest BCUT2D eigenvalue weighted by Crippen LogP contribution is -2.15. The van der Waals surface area contributed by atoms with Gasteiger partial charge in [-0.25, -0.2) is 0 Å². The van der Waals surface area contributed by atoms with Crippen LogP contribution in [-0.2, 0) is 0 Å². The summed E-state index contributed by atoms with van der Waals surface area (Å²) in [5.41, 5.74) is 1.51. The Morgan fingerprint density at radius 2 is 1.91 bits per heavy atom. The summed E-state index contributed by atoms with van der Waals surface area (Å²) in [6, 6.07) is 11.6. The van der Waals surface area contributed by atoms with Crippen molar-refractivity contribution in [1.82, 2.24) is 0 Å². The molecule has 4 nitrogen and oxygen atoms in total. The lowest BCUT2D eigenvalue weighted by Gasteiger charge is -2.12. The minimum Gasteiger partial charge on any atom is -0.321 e. The Labute approximate surface area is 143 Å². The molecular formula is C17H13ClN2O2S. The number of ketones is 1. The number of carbonyl (C=O) groups excluding carboxylic acids is 2. The molecule has 0 saturated heterocycles. The standard InChI is InChI=1S/C17H13ClN2O2S/c1-10(21)13-5-4-12(18)8-15(13)20-17(22)14-7-11(9-19)3-6-16(14)23-2/h3-8H,1-2H3,(H,20,22). The van der Waals surface area contributed by atoms with E-state index in [1.807, 2.05) is 12.3 Å². The number of carbonyl (C=O) groups is 2. The van der Waals surface area contributed by atoms with E-state index in [1.54, 1.807) is 24.3 Å². The third kappa shape index (κ3) is 3.92. The Kier molecular flexibility index (Phi) is 5.43. The zero-order valence-corrected chi connectivity index (χ0v) is 14.1. The van der Waals surface area contributed by atoms with Gasteiger partial charge >= 0.3 is 0 Å². The number of nitriles is 1. The van der Waals surface area contributed by atoms with Gasteiger partial charge in [0.2, 0.25) is 0 Å². The molecular weight excluding hydrogens is 332 g/mol. The van der Waals surface area contributed by atoms with E-state index < -0.39 is 5.91 Å². The van der Waals surface area contributed by atoms with Crippen LogP contribution in [0.2, 0.25) is 5.02 Å². The molecule has 23 heavy (non-hydrogen) atoms. The van der Waals surface area contributed by atoms with E-state index in [0.717, 1.165) is 4.90 Å². The van der Waals surface area contributed by atoms with E-state index >= 15 is 0 Å². The van der Waals surface area contributed by atoms with Gasteiger partial charge in [-0.2, -0.15) is 5.26 Å². The normalized spacial score (nSPS) is 10.0. The van der Waals surface area contributed by atoms with Crippen molar-refractivity contribution in [3.63, 3.8) is 0 Å². The average molecular weight is 345 g/mol. The molecule has 0 aliphatic heterocycles. The third-order valence-electron chi connectivity index (χ3n) is 3.18. The molecule has 0 fully saturated rings. The van der Waals surface area contributed by atoms with Crippen LogP contribution in [0.1, 0.15) is 33.2 Å². The minimum atomic E-state index is -0.392. The van der Waals surface area contributed by atoms with E-state index in [2.05, 4.69) is 5.32 Å². The number of halogens is 1. The van der Waals surface area contributed by atoms with Gasteiger partial charge < -0.3 is 5.32 Å². The fraction of sp³-hybridized carbons (Fsp3) is 0.118. The first-order valence-corrected chi connectivity index (χ1v) is 8.26. The first-order chi connectivity index (χ1) is 11.0. The predicted octanol–water partition coefficient (Wildman–Crippen LogP) is 4.39. The van der Waals surface area contributed by atoms with Crippen molar-refractivity contribution >= 4 is 40.7 Å². The lowest BCUT2D eigenvalue weighted by molar-refractivity contribution is 0.101. The molecule has 2 aromatic rings. The Bertz CT molecular complexity index is 828. The van der Waals surface area contributed by atoms with Gasteiger partial charge in [0, 0.05) is 15.5 Å².